The van der Waals surface area contributed by atoms with E-state index in [4.69, 9.17) is 0 Å². The molecule has 1 amide bonds. The van der Waals surface area contributed by atoms with E-state index in [-0.39, 0.29) is 11.9 Å². The molecule has 0 saturated heterocycles. The van der Waals surface area contributed by atoms with Crippen molar-refractivity contribution in [3.63, 3.8) is 0 Å². The third-order valence-electron chi connectivity index (χ3n) is 3.34. The fourth-order valence-corrected chi connectivity index (χ4v) is 2.28. The second-order valence-electron chi connectivity index (χ2n) is 5.17. The molecule has 0 aliphatic rings. The first-order chi connectivity index (χ1) is 9.97. The number of aromatic nitrogens is 4. The van der Waals surface area contributed by atoms with E-state index >= 15 is 0 Å². The number of imidazole rings is 1. The Morgan fingerprint density at radius 1 is 1.29 bits per heavy atom. The van der Waals surface area contributed by atoms with E-state index in [9.17, 15) is 4.79 Å². The maximum absolute atomic E-state index is 12.1. The molecule has 0 aliphatic heterocycles. The smallest absolute Gasteiger partial charge is 0.242 e. The minimum absolute atomic E-state index is 0.0273. The Labute approximate surface area is 124 Å². The predicted molar refractivity (Wildman–Crippen MR) is 79.9 cm³/mol. The first kappa shape index (κ1) is 15.2. The predicted octanol–water partition coefficient (Wildman–Crippen LogP) is 1.52. The largest absolute Gasteiger partial charge is 0.354 e. The lowest BCUT2D eigenvalue weighted by atomic mass is 10.3. The van der Waals surface area contributed by atoms with Gasteiger partial charge in [0.25, 0.3) is 0 Å². The van der Waals surface area contributed by atoms with E-state index in [0.717, 1.165) is 23.0 Å². The molecular formula is C15H21N5O. The number of carbonyl (C=O) groups is 1. The number of hydrogen-bond donors (Lipinski definition) is 1. The maximum Gasteiger partial charge on any atom is 0.242 e. The molecule has 1 atom stereocenters. The van der Waals surface area contributed by atoms with Gasteiger partial charge >= 0.3 is 0 Å². The minimum Gasteiger partial charge on any atom is -0.354 e. The van der Waals surface area contributed by atoms with Crippen molar-refractivity contribution < 1.29 is 4.79 Å². The average Bonchev–Trinajstić information content (AvgIpc) is 2.83. The summed E-state index contributed by atoms with van der Waals surface area (Å²) in [5.74, 6) is 1.56. The molecule has 0 radical (unpaired) electrons. The molecule has 1 N–H and O–H groups in total. The third-order valence-corrected chi connectivity index (χ3v) is 3.34. The number of aryl methyl sites for hydroxylation is 3. The molecule has 2 aromatic heterocycles. The van der Waals surface area contributed by atoms with Gasteiger partial charge in [0.2, 0.25) is 5.91 Å². The van der Waals surface area contributed by atoms with E-state index in [1.807, 2.05) is 44.5 Å². The molecule has 2 rings (SSSR count). The standard InChI is InChI=1S/C15H21N5O/c1-10-9-11(2)19-14(18-10)5-6-17-15(21)12(3)20-8-7-16-13(20)4/h7-9,12H,5-6H2,1-4H3,(H,17,21). The van der Waals surface area contributed by atoms with Gasteiger partial charge in [0.1, 0.15) is 17.7 Å². The fourth-order valence-electron chi connectivity index (χ4n) is 2.28. The highest BCUT2D eigenvalue weighted by Gasteiger charge is 2.15. The topological polar surface area (TPSA) is 72.7 Å². The number of carbonyl (C=O) groups excluding carboxylic acids is 1. The van der Waals surface area contributed by atoms with Crippen LogP contribution in [0.15, 0.2) is 18.5 Å². The summed E-state index contributed by atoms with van der Waals surface area (Å²) >= 11 is 0. The van der Waals surface area contributed by atoms with Crippen LogP contribution in [0.25, 0.3) is 0 Å². The van der Waals surface area contributed by atoms with Gasteiger partial charge < -0.3 is 9.88 Å². The maximum atomic E-state index is 12.1. The van der Waals surface area contributed by atoms with Crippen LogP contribution in [0.1, 0.15) is 36.0 Å². The first-order valence-corrected chi connectivity index (χ1v) is 7.05. The lowest BCUT2D eigenvalue weighted by Crippen LogP contribution is -2.32. The van der Waals surface area contributed by atoms with Gasteiger partial charge in [0, 0.05) is 36.7 Å². The number of nitrogens with one attached hydrogen (secondary N) is 1. The number of rotatable bonds is 5. The normalized spacial score (nSPS) is 12.2. The Bertz CT molecular complexity index is 614. The van der Waals surface area contributed by atoms with Gasteiger partial charge in [0.15, 0.2) is 0 Å². The third kappa shape index (κ3) is 3.87. The summed E-state index contributed by atoms with van der Waals surface area (Å²) in [6.07, 6.45) is 4.14. The van der Waals surface area contributed by atoms with Crippen molar-refractivity contribution in [3.05, 3.63) is 41.5 Å². The highest BCUT2D eigenvalue weighted by atomic mass is 16.2. The van der Waals surface area contributed by atoms with E-state index < -0.39 is 0 Å². The highest BCUT2D eigenvalue weighted by molar-refractivity contribution is 5.79. The second-order valence-corrected chi connectivity index (χ2v) is 5.17. The molecule has 0 aliphatic carbocycles. The monoisotopic (exact) mass is 287 g/mol. The molecule has 6 nitrogen and oxygen atoms in total. The zero-order valence-corrected chi connectivity index (χ0v) is 12.9. The lowest BCUT2D eigenvalue weighted by Gasteiger charge is -2.15. The summed E-state index contributed by atoms with van der Waals surface area (Å²) in [4.78, 5) is 25.0. The molecule has 0 aromatic carbocycles. The summed E-state index contributed by atoms with van der Waals surface area (Å²) < 4.78 is 1.85. The quantitative estimate of drug-likeness (QED) is 0.905. The van der Waals surface area contributed by atoms with E-state index in [0.29, 0.717) is 13.0 Å². The molecule has 112 valence electrons. The molecule has 2 aromatic rings. The summed E-state index contributed by atoms with van der Waals surface area (Å²) in [5, 5.41) is 2.92. The second kappa shape index (κ2) is 6.47. The van der Waals surface area contributed by atoms with Gasteiger partial charge in [-0.2, -0.15) is 0 Å². The Balaban J connectivity index is 1.88. The lowest BCUT2D eigenvalue weighted by molar-refractivity contribution is -0.123. The number of amides is 1. The number of hydrogen-bond acceptors (Lipinski definition) is 4. The van der Waals surface area contributed by atoms with Crippen LogP contribution in [0.2, 0.25) is 0 Å². The van der Waals surface area contributed by atoms with Crippen LogP contribution in [0.3, 0.4) is 0 Å². The summed E-state index contributed by atoms with van der Waals surface area (Å²) in [6.45, 7) is 8.16. The number of nitrogens with zero attached hydrogens (tertiary/aromatic N) is 4. The molecule has 2 heterocycles. The van der Waals surface area contributed by atoms with Crippen molar-refractivity contribution in [2.75, 3.05) is 6.54 Å². The molecule has 1 unspecified atom stereocenters. The van der Waals surface area contributed by atoms with Gasteiger partial charge in [-0.15, -0.1) is 0 Å². The SMILES string of the molecule is Cc1cc(C)nc(CCNC(=O)C(C)n2ccnc2C)n1. The van der Waals surface area contributed by atoms with E-state index in [2.05, 4.69) is 20.3 Å². The molecular weight excluding hydrogens is 266 g/mol. The van der Waals surface area contributed by atoms with Gasteiger partial charge in [-0.3, -0.25) is 4.79 Å². The average molecular weight is 287 g/mol. The molecule has 0 fully saturated rings. The Morgan fingerprint density at radius 2 is 1.95 bits per heavy atom. The molecule has 0 spiro atoms. The fraction of sp³-hybridized carbons (Fsp3) is 0.467. The van der Waals surface area contributed by atoms with Crippen molar-refractivity contribution in [1.82, 2.24) is 24.8 Å². The summed E-state index contributed by atoms with van der Waals surface area (Å²) in [5.41, 5.74) is 1.90. The first-order valence-electron chi connectivity index (χ1n) is 7.05. The van der Waals surface area contributed by atoms with E-state index in [1.54, 1.807) is 6.20 Å². The van der Waals surface area contributed by atoms with Gasteiger partial charge in [-0.05, 0) is 33.8 Å². The van der Waals surface area contributed by atoms with Crippen LogP contribution in [-0.4, -0.2) is 32.0 Å². The zero-order chi connectivity index (χ0) is 15.4. The van der Waals surface area contributed by atoms with Crippen LogP contribution in [0.4, 0.5) is 0 Å². The van der Waals surface area contributed by atoms with Crippen molar-refractivity contribution >= 4 is 5.91 Å². The van der Waals surface area contributed by atoms with Gasteiger partial charge in [-0.1, -0.05) is 0 Å². The molecule has 0 saturated carbocycles. The Morgan fingerprint density at radius 3 is 2.52 bits per heavy atom. The van der Waals surface area contributed by atoms with E-state index in [1.165, 1.54) is 0 Å². The molecule has 6 heteroatoms. The van der Waals surface area contributed by atoms with Crippen molar-refractivity contribution in [2.45, 2.75) is 40.2 Å². The van der Waals surface area contributed by atoms with Crippen molar-refractivity contribution in [3.8, 4) is 0 Å². The Hall–Kier alpha value is -2.24. The van der Waals surface area contributed by atoms with Crippen LogP contribution in [0, 0.1) is 20.8 Å². The van der Waals surface area contributed by atoms with Crippen molar-refractivity contribution in [1.29, 1.82) is 0 Å². The highest BCUT2D eigenvalue weighted by Crippen LogP contribution is 2.08. The van der Waals surface area contributed by atoms with Crippen LogP contribution in [0.5, 0.6) is 0 Å². The zero-order valence-electron chi connectivity index (χ0n) is 12.9. The Kier molecular flexibility index (Phi) is 4.67. The summed E-state index contributed by atoms with van der Waals surface area (Å²) in [7, 11) is 0. The van der Waals surface area contributed by atoms with Gasteiger partial charge in [-0.25, -0.2) is 15.0 Å². The van der Waals surface area contributed by atoms with Crippen molar-refractivity contribution in [2.24, 2.45) is 0 Å². The molecule has 0 bridgehead atoms. The molecule has 21 heavy (non-hydrogen) atoms. The van der Waals surface area contributed by atoms with Crippen LogP contribution in [-0.2, 0) is 11.2 Å². The minimum atomic E-state index is -0.271. The summed E-state index contributed by atoms with van der Waals surface area (Å²) in [6, 6.07) is 1.67. The van der Waals surface area contributed by atoms with Crippen LogP contribution < -0.4 is 5.32 Å². The van der Waals surface area contributed by atoms with Gasteiger partial charge in [0.05, 0.1) is 0 Å². The van der Waals surface area contributed by atoms with Crippen LogP contribution >= 0.6 is 0 Å².